The number of nitrogens with one attached hydrogen (secondary N) is 2. The van der Waals surface area contributed by atoms with Gasteiger partial charge in [0.25, 0.3) is 5.91 Å². The van der Waals surface area contributed by atoms with Gasteiger partial charge in [0.2, 0.25) is 0 Å². The molecule has 1 atom stereocenters. The molecule has 7 heteroatoms. The molecule has 2 fully saturated rings. The van der Waals surface area contributed by atoms with Crippen molar-refractivity contribution >= 4 is 23.3 Å². The molecule has 0 bridgehead atoms. The van der Waals surface area contributed by atoms with Crippen molar-refractivity contribution in [3.63, 3.8) is 0 Å². The molecule has 3 heterocycles. The van der Waals surface area contributed by atoms with Gasteiger partial charge >= 0.3 is 6.03 Å². The predicted molar refractivity (Wildman–Crippen MR) is 99.7 cm³/mol. The molecule has 4 rings (SSSR count). The van der Waals surface area contributed by atoms with Crippen molar-refractivity contribution in [1.29, 1.82) is 0 Å². The molecule has 136 valence electrons. The van der Waals surface area contributed by atoms with Gasteiger partial charge in [-0.15, -0.1) is 11.3 Å². The minimum atomic E-state index is -0.863. The van der Waals surface area contributed by atoms with Crippen molar-refractivity contribution < 1.29 is 9.59 Å². The quantitative estimate of drug-likeness (QED) is 0.791. The van der Waals surface area contributed by atoms with E-state index in [0.29, 0.717) is 6.42 Å². The molecule has 26 heavy (non-hydrogen) atoms. The number of hydrogen-bond donors (Lipinski definition) is 2. The number of amides is 3. The number of aromatic nitrogens is 1. The van der Waals surface area contributed by atoms with Gasteiger partial charge in [-0.3, -0.25) is 9.69 Å². The van der Waals surface area contributed by atoms with E-state index in [0.717, 1.165) is 36.5 Å². The Balaban J connectivity index is 1.66. The van der Waals surface area contributed by atoms with Gasteiger partial charge in [0.15, 0.2) is 0 Å². The van der Waals surface area contributed by atoms with Gasteiger partial charge in [-0.1, -0.05) is 30.3 Å². The lowest BCUT2D eigenvalue weighted by Gasteiger charge is -2.38. The zero-order chi connectivity index (χ0) is 18.0. The average Bonchev–Trinajstić information content (AvgIpc) is 3.27. The summed E-state index contributed by atoms with van der Waals surface area (Å²) < 4.78 is 0. The zero-order valence-electron chi connectivity index (χ0n) is 14.5. The molecule has 2 aliphatic heterocycles. The standard InChI is InChI=1S/C19H22N4O2S/c24-17-19(15-6-8-20-9-7-15,12-14-4-2-1-3-5-14)22-18(25)23(17)13-16-21-10-11-26-16/h1-5,10-11,15,20H,6-9,12-13H2,(H,22,25). The average molecular weight is 370 g/mol. The SMILES string of the molecule is O=C1NC(Cc2ccccc2)(C2CCNCC2)C(=O)N1Cc1nccs1. The first-order chi connectivity index (χ1) is 12.7. The fourth-order valence-corrected chi connectivity index (χ4v) is 4.63. The highest BCUT2D eigenvalue weighted by Crippen LogP contribution is 2.35. The van der Waals surface area contributed by atoms with E-state index in [2.05, 4.69) is 15.6 Å². The largest absolute Gasteiger partial charge is 0.325 e. The number of benzene rings is 1. The van der Waals surface area contributed by atoms with Crippen LogP contribution in [0.3, 0.4) is 0 Å². The van der Waals surface area contributed by atoms with E-state index in [9.17, 15) is 9.59 Å². The molecule has 2 aliphatic rings. The number of imide groups is 1. The van der Waals surface area contributed by atoms with E-state index in [1.807, 2.05) is 35.7 Å². The summed E-state index contributed by atoms with van der Waals surface area (Å²) >= 11 is 1.46. The summed E-state index contributed by atoms with van der Waals surface area (Å²) in [6, 6.07) is 9.64. The lowest BCUT2D eigenvalue weighted by Crippen LogP contribution is -2.57. The normalized spacial score (nSPS) is 24.1. The van der Waals surface area contributed by atoms with E-state index >= 15 is 0 Å². The Bertz CT molecular complexity index is 774. The van der Waals surface area contributed by atoms with Gasteiger partial charge in [-0.25, -0.2) is 9.78 Å². The molecule has 0 saturated carbocycles. The van der Waals surface area contributed by atoms with Crippen molar-refractivity contribution in [2.24, 2.45) is 5.92 Å². The van der Waals surface area contributed by atoms with Crippen LogP contribution in [0.15, 0.2) is 41.9 Å². The van der Waals surface area contributed by atoms with E-state index in [1.165, 1.54) is 16.2 Å². The summed E-state index contributed by atoms with van der Waals surface area (Å²) in [5.74, 6) is 0.00940. The van der Waals surface area contributed by atoms with Crippen LogP contribution in [0.5, 0.6) is 0 Å². The maximum Gasteiger partial charge on any atom is 0.325 e. The first-order valence-electron chi connectivity index (χ1n) is 8.96. The molecule has 1 aromatic heterocycles. The highest BCUT2D eigenvalue weighted by molar-refractivity contribution is 7.09. The number of urea groups is 1. The smallest absolute Gasteiger partial charge is 0.322 e. The third-order valence-corrected chi connectivity index (χ3v) is 6.11. The van der Waals surface area contributed by atoms with Crippen molar-refractivity contribution in [3.05, 3.63) is 52.5 Å². The second-order valence-electron chi connectivity index (χ2n) is 6.91. The van der Waals surface area contributed by atoms with Crippen molar-refractivity contribution in [3.8, 4) is 0 Å². The number of carbonyl (C=O) groups excluding carboxylic acids is 2. The first-order valence-corrected chi connectivity index (χ1v) is 9.84. The number of piperidine rings is 1. The lowest BCUT2D eigenvalue weighted by atomic mass is 9.74. The minimum absolute atomic E-state index is 0.117. The molecule has 2 aromatic rings. The second kappa shape index (κ2) is 7.17. The monoisotopic (exact) mass is 370 g/mol. The van der Waals surface area contributed by atoms with E-state index < -0.39 is 5.54 Å². The third-order valence-electron chi connectivity index (χ3n) is 5.34. The Hall–Kier alpha value is -2.25. The van der Waals surface area contributed by atoms with Gasteiger partial charge in [-0.2, -0.15) is 0 Å². The van der Waals surface area contributed by atoms with Gasteiger partial charge < -0.3 is 10.6 Å². The van der Waals surface area contributed by atoms with Crippen molar-refractivity contribution in [1.82, 2.24) is 20.5 Å². The van der Waals surface area contributed by atoms with Crippen LogP contribution in [0.2, 0.25) is 0 Å². The van der Waals surface area contributed by atoms with Crippen LogP contribution in [-0.2, 0) is 17.8 Å². The van der Waals surface area contributed by atoms with Crippen LogP contribution < -0.4 is 10.6 Å². The predicted octanol–water partition coefficient (Wildman–Crippen LogP) is 2.18. The number of rotatable bonds is 5. The maximum atomic E-state index is 13.5. The second-order valence-corrected chi connectivity index (χ2v) is 7.88. The number of thiazole rings is 1. The Morgan fingerprint density at radius 2 is 1.96 bits per heavy atom. The van der Waals surface area contributed by atoms with Gasteiger partial charge in [0.05, 0.1) is 6.54 Å². The molecular formula is C19H22N4O2S. The Kier molecular flexibility index (Phi) is 4.74. The highest BCUT2D eigenvalue weighted by Gasteiger charge is 2.55. The summed E-state index contributed by atoms with van der Waals surface area (Å²) in [5.41, 5.74) is 0.202. The minimum Gasteiger partial charge on any atom is -0.322 e. The maximum absolute atomic E-state index is 13.5. The summed E-state index contributed by atoms with van der Waals surface area (Å²) in [7, 11) is 0. The Morgan fingerprint density at radius 3 is 2.65 bits per heavy atom. The number of carbonyl (C=O) groups is 2. The summed E-state index contributed by atoms with van der Waals surface area (Å²) in [6.07, 6.45) is 3.98. The van der Waals surface area contributed by atoms with Crippen LogP contribution in [0, 0.1) is 5.92 Å². The summed E-state index contributed by atoms with van der Waals surface area (Å²) in [5, 5.41) is 9.06. The lowest BCUT2D eigenvalue weighted by molar-refractivity contribution is -0.134. The fraction of sp³-hybridized carbons (Fsp3) is 0.421. The molecular weight excluding hydrogens is 348 g/mol. The zero-order valence-corrected chi connectivity index (χ0v) is 15.3. The Labute approximate surface area is 156 Å². The van der Waals surface area contributed by atoms with Crippen LogP contribution in [0.4, 0.5) is 4.79 Å². The van der Waals surface area contributed by atoms with Gasteiger partial charge in [0.1, 0.15) is 10.5 Å². The van der Waals surface area contributed by atoms with Gasteiger partial charge in [0, 0.05) is 18.0 Å². The molecule has 1 aromatic carbocycles. The van der Waals surface area contributed by atoms with Crippen molar-refractivity contribution in [2.45, 2.75) is 31.3 Å². The molecule has 0 radical (unpaired) electrons. The molecule has 2 N–H and O–H groups in total. The van der Waals surface area contributed by atoms with E-state index in [-0.39, 0.29) is 24.4 Å². The van der Waals surface area contributed by atoms with Crippen LogP contribution >= 0.6 is 11.3 Å². The topological polar surface area (TPSA) is 74.3 Å². The highest BCUT2D eigenvalue weighted by atomic mass is 32.1. The summed E-state index contributed by atoms with van der Waals surface area (Å²) in [4.78, 5) is 31.7. The van der Waals surface area contributed by atoms with E-state index in [1.54, 1.807) is 6.20 Å². The summed E-state index contributed by atoms with van der Waals surface area (Å²) in [6.45, 7) is 1.98. The molecule has 0 aliphatic carbocycles. The van der Waals surface area contributed by atoms with Crippen LogP contribution in [-0.4, -0.2) is 40.5 Å². The molecule has 3 amide bonds. The third kappa shape index (κ3) is 3.12. The van der Waals surface area contributed by atoms with E-state index in [4.69, 9.17) is 0 Å². The fourth-order valence-electron chi connectivity index (χ4n) is 4.03. The molecule has 2 saturated heterocycles. The molecule has 6 nitrogen and oxygen atoms in total. The first kappa shape index (κ1) is 17.2. The number of hydrogen-bond acceptors (Lipinski definition) is 5. The Morgan fingerprint density at radius 1 is 1.19 bits per heavy atom. The number of nitrogens with zero attached hydrogens (tertiary/aromatic N) is 2. The van der Waals surface area contributed by atoms with Gasteiger partial charge in [-0.05, 0) is 37.4 Å². The molecule has 1 unspecified atom stereocenters. The molecule has 0 spiro atoms. The van der Waals surface area contributed by atoms with Crippen LogP contribution in [0.1, 0.15) is 23.4 Å². The van der Waals surface area contributed by atoms with Crippen molar-refractivity contribution in [2.75, 3.05) is 13.1 Å². The van der Waals surface area contributed by atoms with Crippen LogP contribution in [0.25, 0.3) is 0 Å².